The maximum absolute atomic E-state index is 14.1. The van der Waals surface area contributed by atoms with E-state index in [0.717, 1.165) is 12.8 Å². The highest BCUT2D eigenvalue weighted by Crippen LogP contribution is 2.40. The first-order valence-corrected chi connectivity index (χ1v) is 10.3. The second-order valence-corrected chi connectivity index (χ2v) is 8.29. The fraction of sp³-hybridized carbons (Fsp3) is 0.550. The number of carbonyl (C=O) groups is 2. The maximum atomic E-state index is 14.1. The van der Waals surface area contributed by atoms with Gasteiger partial charge in [0.05, 0.1) is 29.4 Å². The van der Waals surface area contributed by atoms with Crippen molar-refractivity contribution < 1.29 is 27.2 Å². The van der Waals surface area contributed by atoms with Gasteiger partial charge in [-0.25, -0.2) is 4.39 Å². The third-order valence-corrected chi connectivity index (χ3v) is 6.20. The summed E-state index contributed by atoms with van der Waals surface area (Å²) >= 11 is 0. The molecule has 1 N–H and O–H groups in total. The van der Waals surface area contributed by atoms with Crippen LogP contribution in [0.5, 0.6) is 0 Å². The van der Waals surface area contributed by atoms with Crippen LogP contribution in [0.15, 0.2) is 16.7 Å². The number of alkyl halides is 3. The zero-order chi connectivity index (χ0) is 21.8. The van der Waals surface area contributed by atoms with Gasteiger partial charge in [0.25, 0.3) is 17.7 Å². The second-order valence-electron chi connectivity index (χ2n) is 8.29. The Bertz CT molecular complexity index is 1040. The van der Waals surface area contributed by atoms with Gasteiger partial charge in [-0.1, -0.05) is 12.8 Å². The number of hydrogen-bond acceptors (Lipinski definition) is 6. The molecule has 0 radical (unpaired) electrons. The molecule has 0 spiro atoms. The molecule has 2 aromatic heterocycles. The molecule has 2 atom stereocenters. The Labute approximate surface area is 175 Å². The first-order chi connectivity index (χ1) is 14.9. The van der Waals surface area contributed by atoms with Gasteiger partial charge in [0, 0.05) is 12.2 Å². The molecule has 2 amide bonds. The average Bonchev–Trinajstić information content (AvgIpc) is 3.20. The highest BCUT2D eigenvalue weighted by molar-refractivity contribution is 5.99. The highest BCUT2D eigenvalue weighted by Gasteiger charge is 2.52. The molecule has 0 aromatic carbocycles. The van der Waals surface area contributed by atoms with Gasteiger partial charge in [0.1, 0.15) is 0 Å². The Balaban J connectivity index is 1.36. The average molecular weight is 435 g/mol. The van der Waals surface area contributed by atoms with Crippen LogP contribution in [0, 0.1) is 0 Å². The van der Waals surface area contributed by atoms with Crippen molar-refractivity contribution in [1.29, 1.82) is 0 Å². The molecular weight excluding hydrogens is 415 g/mol. The fourth-order valence-corrected chi connectivity index (χ4v) is 4.30. The predicted molar refractivity (Wildman–Crippen MR) is 99.6 cm³/mol. The quantitative estimate of drug-likeness (QED) is 0.775. The zero-order valence-electron chi connectivity index (χ0n) is 16.5. The summed E-state index contributed by atoms with van der Waals surface area (Å²) in [6, 6.07) is 0.917. The van der Waals surface area contributed by atoms with Crippen LogP contribution >= 0.6 is 0 Å². The summed E-state index contributed by atoms with van der Waals surface area (Å²) in [4.78, 5) is 31.3. The molecule has 2 aliphatic carbocycles. The molecule has 0 bridgehead atoms. The van der Waals surface area contributed by atoms with Crippen LogP contribution in [0.3, 0.4) is 0 Å². The lowest BCUT2D eigenvalue weighted by Crippen LogP contribution is -2.55. The maximum Gasteiger partial charge on any atom is 0.314 e. The van der Waals surface area contributed by atoms with Crippen LogP contribution in [0.1, 0.15) is 66.9 Å². The number of halogens is 3. The summed E-state index contributed by atoms with van der Waals surface area (Å²) in [5.41, 5.74) is -0.622. The number of amides is 2. The van der Waals surface area contributed by atoms with Crippen molar-refractivity contribution >= 4 is 11.8 Å². The van der Waals surface area contributed by atoms with Crippen LogP contribution in [-0.4, -0.2) is 49.6 Å². The Morgan fingerprint density at radius 2 is 2.03 bits per heavy atom. The number of pyridine rings is 1. The number of nitrogens with zero attached hydrogens (tertiary/aromatic N) is 4. The highest BCUT2D eigenvalue weighted by atomic mass is 19.3. The molecule has 0 saturated heterocycles. The molecule has 11 heteroatoms. The molecule has 2 aromatic rings. The number of rotatable bonds is 5. The molecule has 1 aliphatic heterocycles. The van der Waals surface area contributed by atoms with Gasteiger partial charge < -0.3 is 14.6 Å². The normalized spacial score (nSPS) is 24.4. The van der Waals surface area contributed by atoms with E-state index in [0.29, 0.717) is 24.1 Å². The van der Waals surface area contributed by atoms with Crippen molar-refractivity contribution in [2.24, 2.45) is 0 Å². The lowest BCUT2D eigenvalue weighted by Gasteiger charge is -2.38. The smallest absolute Gasteiger partial charge is 0.314 e. The van der Waals surface area contributed by atoms with E-state index in [-0.39, 0.29) is 48.8 Å². The van der Waals surface area contributed by atoms with Crippen LogP contribution in [0.25, 0.3) is 11.5 Å². The Kier molecular flexibility index (Phi) is 4.71. The van der Waals surface area contributed by atoms with Gasteiger partial charge in [0.2, 0.25) is 5.89 Å². The third-order valence-electron chi connectivity index (χ3n) is 6.20. The first-order valence-electron chi connectivity index (χ1n) is 10.3. The second kappa shape index (κ2) is 7.31. The molecule has 2 saturated carbocycles. The minimum Gasteiger partial charge on any atom is -0.415 e. The Hall–Kier alpha value is -2.98. The Morgan fingerprint density at radius 1 is 1.26 bits per heavy atom. The van der Waals surface area contributed by atoms with Crippen molar-refractivity contribution in [3.8, 4) is 11.5 Å². The van der Waals surface area contributed by atoms with Gasteiger partial charge in [-0.2, -0.15) is 8.78 Å². The van der Waals surface area contributed by atoms with Crippen LogP contribution in [0.2, 0.25) is 0 Å². The number of nitrogens with one attached hydrogen (secondary N) is 1. The van der Waals surface area contributed by atoms with Crippen LogP contribution in [-0.2, 0) is 11.3 Å². The zero-order valence-corrected chi connectivity index (χ0v) is 16.5. The number of hydrogen-bond donors (Lipinski definition) is 1. The van der Waals surface area contributed by atoms with Gasteiger partial charge in [0.15, 0.2) is 5.67 Å². The standard InChI is InChI=1S/C20H20F3N5O3/c21-15(22)17-27-26-16(31-17)10-7-11-13(24-8-10)9-28(18(11)29)14-4-2-1-3-12(14)25-19(30)20(23)5-6-20/h7-8,12,14-15H,1-6,9H2,(H,25,30)/t12-,14-/m1/s1. The monoisotopic (exact) mass is 435 g/mol. The number of aromatic nitrogens is 3. The van der Waals surface area contributed by atoms with E-state index in [1.807, 2.05) is 0 Å². The lowest BCUT2D eigenvalue weighted by atomic mass is 9.89. The summed E-state index contributed by atoms with van der Waals surface area (Å²) in [7, 11) is 0. The minimum atomic E-state index is -2.89. The van der Waals surface area contributed by atoms with E-state index >= 15 is 0 Å². The van der Waals surface area contributed by atoms with E-state index in [4.69, 9.17) is 4.42 Å². The van der Waals surface area contributed by atoms with Gasteiger partial charge in [-0.3, -0.25) is 14.6 Å². The topological polar surface area (TPSA) is 101 Å². The lowest BCUT2D eigenvalue weighted by molar-refractivity contribution is -0.128. The molecular formula is C20H20F3N5O3. The van der Waals surface area contributed by atoms with E-state index in [2.05, 4.69) is 20.5 Å². The van der Waals surface area contributed by atoms with Crippen molar-refractivity contribution in [2.45, 2.75) is 69.2 Å². The molecule has 164 valence electrons. The third kappa shape index (κ3) is 3.55. The Morgan fingerprint density at radius 3 is 2.74 bits per heavy atom. The summed E-state index contributed by atoms with van der Waals surface area (Å²) in [5, 5.41) is 9.70. The fourth-order valence-electron chi connectivity index (χ4n) is 4.30. The predicted octanol–water partition coefficient (Wildman–Crippen LogP) is 2.95. The molecule has 2 fully saturated rings. The summed E-state index contributed by atoms with van der Waals surface area (Å²) < 4.78 is 44.5. The SMILES string of the molecule is O=C1c2cc(-c3nnc(C(F)F)o3)cnc2CN1[C@@H]1CCCC[C@H]1NC(=O)C1(F)CC1. The van der Waals surface area contributed by atoms with Gasteiger partial charge in [-0.05, 0) is 31.7 Å². The van der Waals surface area contributed by atoms with Crippen molar-refractivity contribution in [3.05, 3.63) is 29.4 Å². The van der Waals surface area contributed by atoms with Crippen LogP contribution in [0.4, 0.5) is 13.2 Å². The van der Waals surface area contributed by atoms with Gasteiger partial charge >= 0.3 is 6.43 Å². The van der Waals surface area contributed by atoms with E-state index in [1.54, 1.807) is 4.90 Å². The summed E-state index contributed by atoms with van der Waals surface area (Å²) in [6.07, 6.45) is 2.13. The minimum absolute atomic E-state index is 0.141. The van der Waals surface area contributed by atoms with Crippen molar-refractivity contribution in [3.63, 3.8) is 0 Å². The molecule has 0 unspecified atom stereocenters. The first kappa shape index (κ1) is 20.0. The molecule has 3 aliphatic rings. The van der Waals surface area contributed by atoms with Crippen molar-refractivity contribution in [1.82, 2.24) is 25.4 Å². The van der Waals surface area contributed by atoms with Crippen molar-refractivity contribution in [2.75, 3.05) is 0 Å². The molecule has 3 heterocycles. The van der Waals surface area contributed by atoms with E-state index in [9.17, 15) is 22.8 Å². The number of fused-ring (bicyclic) bond motifs is 1. The molecule has 8 nitrogen and oxygen atoms in total. The van der Waals surface area contributed by atoms with E-state index < -0.39 is 23.9 Å². The summed E-state index contributed by atoms with van der Waals surface area (Å²) in [5.74, 6) is -1.81. The summed E-state index contributed by atoms with van der Waals surface area (Å²) in [6.45, 7) is 0.262. The molecule has 31 heavy (non-hydrogen) atoms. The van der Waals surface area contributed by atoms with E-state index in [1.165, 1.54) is 12.3 Å². The van der Waals surface area contributed by atoms with Gasteiger partial charge in [-0.15, -0.1) is 10.2 Å². The number of carbonyl (C=O) groups excluding carboxylic acids is 2. The largest absolute Gasteiger partial charge is 0.415 e. The van der Waals surface area contributed by atoms with Crippen LogP contribution < -0.4 is 5.32 Å². The molecule has 5 rings (SSSR count).